The van der Waals surface area contributed by atoms with Crippen molar-refractivity contribution in [3.63, 3.8) is 0 Å². The number of nitrogens with one attached hydrogen (secondary N) is 3. The number of aliphatic hydroxyl groups excluding tert-OH is 1. The van der Waals surface area contributed by atoms with Gasteiger partial charge in [-0.05, 0) is 49.2 Å². The van der Waals surface area contributed by atoms with E-state index in [2.05, 4.69) is 10.6 Å². The molecule has 0 unspecified atom stereocenters. The fourth-order valence-corrected chi connectivity index (χ4v) is 2.52. The average Bonchev–Trinajstić information content (AvgIpc) is 2.71. The van der Waals surface area contributed by atoms with Gasteiger partial charge in [0.2, 0.25) is 5.91 Å². The van der Waals surface area contributed by atoms with Crippen molar-refractivity contribution in [1.29, 1.82) is 0 Å². The van der Waals surface area contributed by atoms with Crippen molar-refractivity contribution < 1.29 is 24.7 Å². The van der Waals surface area contributed by atoms with Gasteiger partial charge in [-0.3, -0.25) is 19.6 Å². The summed E-state index contributed by atoms with van der Waals surface area (Å²) in [4.78, 5) is 35.4. The highest BCUT2D eigenvalue weighted by molar-refractivity contribution is 5.98. The Morgan fingerprint density at radius 1 is 0.897 bits per heavy atom. The molecule has 0 saturated heterocycles. The van der Waals surface area contributed by atoms with E-state index >= 15 is 0 Å². The van der Waals surface area contributed by atoms with Crippen LogP contribution in [0.5, 0.6) is 0 Å². The molecule has 0 heterocycles. The molecule has 0 fully saturated rings. The van der Waals surface area contributed by atoms with Gasteiger partial charge in [-0.1, -0.05) is 24.3 Å². The predicted octanol–water partition coefficient (Wildman–Crippen LogP) is 0.624. The van der Waals surface area contributed by atoms with E-state index in [4.69, 9.17) is 10.9 Å². The van der Waals surface area contributed by atoms with E-state index in [1.54, 1.807) is 43.3 Å². The van der Waals surface area contributed by atoms with Gasteiger partial charge in [0.25, 0.3) is 11.8 Å². The number of carbonyl (C=O) groups is 3. The summed E-state index contributed by atoms with van der Waals surface area (Å²) in [6, 6.07) is 11.9. The van der Waals surface area contributed by atoms with Crippen LogP contribution in [0.25, 0.3) is 11.1 Å². The van der Waals surface area contributed by atoms with Gasteiger partial charge < -0.3 is 21.5 Å². The number of hydroxylamine groups is 1. The standard InChI is InChI=1S/C20H24N4O5/c1-11(21)18(26)22-16-9-7-14(8-10-16)13-3-5-15(6-4-13)19(27)23-17(12(2)25)20(28)24-29/h3-12,17,25,29H,21H2,1-2H3,(H,22,26)(H,23,27)(H,24,28)/t11-,12-,17+/m1/s1. The van der Waals surface area contributed by atoms with Gasteiger partial charge in [0.15, 0.2) is 0 Å². The molecule has 0 aliphatic heterocycles. The van der Waals surface area contributed by atoms with E-state index in [9.17, 15) is 19.5 Å². The van der Waals surface area contributed by atoms with Gasteiger partial charge in [0.1, 0.15) is 6.04 Å². The maximum atomic E-state index is 12.3. The van der Waals surface area contributed by atoms with Crippen molar-refractivity contribution in [3.8, 4) is 11.1 Å². The van der Waals surface area contributed by atoms with E-state index < -0.39 is 30.0 Å². The summed E-state index contributed by atoms with van der Waals surface area (Å²) >= 11 is 0. The second kappa shape index (κ2) is 9.78. The third-order valence-electron chi connectivity index (χ3n) is 4.21. The maximum absolute atomic E-state index is 12.3. The van der Waals surface area contributed by atoms with Crippen molar-refractivity contribution in [1.82, 2.24) is 10.8 Å². The first-order chi connectivity index (χ1) is 13.7. The van der Waals surface area contributed by atoms with Crippen molar-refractivity contribution in [2.75, 3.05) is 5.32 Å². The quantitative estimate of drug-likeness (QED) is 0.296. The number of rotatable bonds is 7. The topological polar surface area (TPSA) is 154 Å². The van der Waals surface area contributed by atoms with Crippen LogP contribution in [0.1, 0.15) is 24.2 Å². The lowest BCUT2D eigenvalue weighted by atomic mass is 10.0. The summed E-state index contributed by atoms with van der Waals surface area (Å²) in [6.45, 7) is 2.92. The van der Waals surface area contributed by atoms with Gasteiger partial charge in [-0.2, -0.15) is 0 Å². The van der Waals surface area contributed by atoms with Crippen LogP contribution in [-0.2, 0) is 9.59 Å². The number of aliphatic hydroxyl groups is 1. The molecule has 0 bridgehead atoms. The molecule has 7 N–H and O–H groups in total. The molecular formula is C20H24N4O5. The van der Waals surface area contributed by atoms with E-state index in [0.29, 0.717) is 5.69 Å². The molecule has 2 aromatic rings. The molecule has 0 aliphatic carbocycles. The molecule has 3 atom stereocenters. The molecule has 0 radical (unpaired) electrons. The van der Waals surface area contributed by atoms with Crippen LogP contribution < -0.4 is 21.8 Å². The Labute approximate surface area is 167 Å². The first kappa shape index (κ1) is 22.0. The number of anilines is 1. The Morgan fingerprint density at radius 2 is 1.41 bits per heavy atom. The molecule has 29 heavy (non-hydrogen) atoms. The van der Waals surface area contributed by atoms with Gasteiger partial charge >= 0.3 is 0 Å². The van der Waals surface area contributed by atoms with Gasteiger partial charge in [-0.15, -0.1) is 0 Å². The Bertz CT molecular complexity index is 863. The summed E-state index contributed by atoms with van der Waals surface area (Å²) in [6.07, 6.45) is -1.19. The first-order valence-corrected chi connectivity index (χ1v) is 8.92. The third-order valence-corrected chi connectivity index (χ3v) is 4.21. The number of amides is 3. The largest absolute Gasteiger partial charge is 0.391 e. The summed E-state index contributed by atoms with van der Waals surface area (Å²) in [5, 5.41) is 23.4. The molecular weight excluding hydrogens is 376 g/mol. The highest BCUT2D eigenvalue weighted by atomic mass is 16.5. The third kappa shape index (κ3) is 5.85. The van der Waals surface area contributed by atoms with Gasteiger partial charge in [0, 0.05) is 11.3 Å². The highest BCUT2D eigenvalue weighted by Crippen LogP contribution is 2.22. The van der Waals surface area contributed by atoms with E-state index in [-0.39, 0.29) is 11.5 Å². The maximum Gasteiger partial charge on any atom is 0.268 e. The number of benzene rings is 2. The zero-order valence-electron chi connectivity index (χ0n) is 16.0. The monoisotopic (exact) mass is 400 g/mol. The predicted molar refractivity (Wildman–Crippen MR) is 107 cm³/mol. The lowest BCUT2D eigenvalue weighted by Crippen LogP contribution is -2.51. The highest BCUT2D eigenvalue weighted by Gasteiger charge is 2.25. The SMILES string of the molecule is C[C@@H](N)C(=O)Nc1ccc(-c2ccc(C(=O)N[C@H](C(=O)NO)[C@@H](C)O)cc2)cc1. The summed E-state index contributed by atoms with van der Waals surface area (Å²) in [5.74, 6) is -1.76. The molecule has 3 amide bonds. The Morgan fingerprint density at radius 3 is 1.86 bits per heavy atom. The van der Waals surface area contributed by atoms with E-state index in [1.165, 1.54) is 12.4 Å². The minimum atomic E-state index is -1.29. The lowest BCUT2D eigenvalue weighted by Gasteiger charge is -2.19. The summed E-state index contributed by atoms with van der Waals surface area (Å²) < 4.78 is 0. The Kier molecular flexibility index (Phi) is 7.43. The average molecular weight is 400 g/mol. The van der Waals surface area contributed by atoms with Crippen LogP contribution in [0.15, 0.2) is 48.5 Å². The second-order valence-electron chi connectivity index (χ2n) is 6.60. The summed E-state index contributed by atoms with van der Waals surface area (Å²) in [5.41, 5.74) is 9.55. The Balaban J connectivity index is 2.08. The van der Waals surface area contributed by atoms with Crippen LogP contribution in [-0.4, -0.2) is 46.2 Å². The zero-order chi connectivity index (χ0) is 21.6. The molecule has 0 spiro atoms. The minimum Gasteiger partial charge on any atom is -0.391 e. The van der Waals surface area contributed by atoms with Crippen LogP contribution in [0.2, 0.25) is 0 Å². The van der Waals surface area contributed by atoms with Crippen LogP contribution in [0.4, 0.5) is 5.69 Å². The van der Waals surface area contributed by atoms with Crippen molar-refractivity contribution in [2.24, 2.45) is 5.73 Å². The fourth-order valence-electron chi connectivity index (χ4n) is 2.52. The van der Waals surface area contributed by atoms with Gasteiger partial charge in [-0.25, -0.2) is 5.48 Å². The second-order valence-corrected chi connectivity index (χ2v) is 6.60. The smallest absolute Gasteiger partial charge is 0.268 e. The minimum absolute atomic E-state index is 0.279. The molecule has 2 rings (SSSR count). The van der Waals surface area contributed by atoms with Crippen LogP contribution in [0, 0.1) is 0 Å². The van der Waals surface area contributed by atoms with Gasteiger partial charge in [0.05, 0.1) is 12.1 Å². The number of nitrogens with two attached hydrogens (primary N) is 1. The van der Waals surface area contributed by atoms with E-state index in [0.717, 1.165) is 11.1 Å². The lowest BCUT2D eigenvalue weighted by molar-refractivity contribution is -0.133. The number of hydrogen-bond acceptors (Lipinski definition) is 6. The molecule has 9 nitrogen and oxygen atoms in total. The summed E-state index contributed by atoms with van der Waals surface area (Å²) in [7, 11) is 0. The fraction of sp³-hybridized carbons (Fsp3) is 0.250. The Hall–Kier alpha value is -3.27. The first-order valence-electron chi connectivity index (χ1n) is 8.92. The van der Waals surface area contributed by atoms with Crippen LogP contribution in [0.3, 0.4) is 0 Å². The molecule has 0 aliphatic rings. The van der Waals surface area contributed by atoms with E-state index in [1.807, 2.05) is 12.1 Å². The molecule has 0 saturated carbocycles. The van der Waals surface area contributed by atoms with Crippen molar-refractivity contribution in [3.05, 3.63) is 54.1 Å². The van der Waals surface area contributed by atoms with Crippen molar-refractivity contribution in [2.45, 2.75) is 32.0 Å². The molecule has 154 valence electrons. The van der Waals surface area contributed by atoms with Crippen LogP contribution >= 0.6 is 0 Å². The molecule has 2 aromatic carbocycles. The normalized spacial score (nSPS) is 13.7. The molecule has 9 heteroatoms. The number of hydrogen-bond donors (Lipinski definition) is 6. The number of carbonyl (C=O) groups excluding carboxylic acids is 3. The molecule has 0 aromatic heterocycles. The zero-order valence-corrected chi connectivity index (χ0v) is 16.0. The van der Waals surface area contributed by atoms with Crippen molar-refractivity contribution >= 4 is 23.4 Å².